The Bertz CT molecular complexity index is 1540. The molecule has 2 aliphatic carbocycles. The van der Waals surface area contributed by atoms with Gasteiger partial charge in [0.2, 0.25) is 0 Å². The van der Waals surface area contributed by atoms with E-state index in [1.165, 1.54) is 0 Å². The Balaban J connectivity index is 1.58. The third-order valence-electron chi connectivity index (χ3n) is 8.55. The van der Waals surface area contributed by atoms with Crippen molar-refractivity contribution in [2.75, 3.05) is 13.6 Å². The molecule has 1 aliphatic heterocycles. The molecule has 3 aliphatic rings. The van der Waals surface area contributed by atoms with Crippen molar-refractivity contribution < 1.29 is 9.59 Å². The minimum absolute atomic E-state index is 0.0411. The molecule has 0 unspecified atom stereocenters. The lowest BCUT2D eigenvalue weighted by Gasteiger charge is -2.44. The summed E-state index contributed by atoms with van der Waals surface area (Å²) in [7, 11) is 2.01. The van der Waals surface area contributed by atoms with Crippen LogP contribution in [0.15, 0.2) is 84.9 Å². The van der Waals surface area contributed by atoms with Crippen LogP contribution in [-0.2, 0) is 12.0 Å². The number of fused-ring (bicyclic) bond motifs is 3. The first-order valence-corrected chi connectivity index (χ1v) is 12.0. The molecule has 0 amide bonds. The van der Waals surface area contributed by atoms with E-state index >= 15 is 0 Å². The zero-order chi connectivity index (χ0) is 23.2. The van der Waals surface area contributed by atoms with Crippen molar-refractivity contribution in [2.45, 2.75) is 17.9 Å². The van der Waals surface area contributed by atoms with Gasteiger partial charge in [-0.05, 0) is 53.1 Å². The van der Waals surface area contributed by atoms with Crippen LogP contribution in [0, 0.1) is 5.41 Å². The Kier molecular flexibility index (Phi) is 3.94. The summed E-state index contributed by atoms with van der Waals surface area (Å²) >= 11 is 6.23. The standard InChI is InChI=1S/C30H22ClNO2/c1-32-17-25(18-12-14-21(31)15-13-18)29(16-20-6-2-3-9-22(20)27(29)33)30(32)24-11-5-8-19-7-4-10-23(26(19)24)28(30)34/h2-15,25H,16-17H2,1H3/t25-,29+,30+/m1/s1. The average Bonchev–Trinajstić information content (AvgIpc) is 3.40. The minimum atomic E-state index is -1.06. The molecule has 0 aromatic heterocycles. The van der Waals surface area contributed by atoms with Gasteiger partial charge in [0.25, 0.3) is 0 Å². The Morgan fingerprint density at radius 1 is 0.824 bits per heavy atom. The van der Waals surface area contributed by atoms with Crippen LogP contribution in [0.25, 0.3) is 10.8 Å². The van der Waals surface area contributed by atoms with E-state index in [9.17, 15) is 9.59 Å². The number of nitrogens with zero attached hydrogens (tertiary/aromatic N) is 1. The first-order chi connectivity index (χ1) is 16.5. The molecule has 3 atom stereocenters. The van der Waals surface area contributed by atoms with E-state index in [0.29, 0.717) is 18.0 Å². The van der Waals surface area contributed by atoms with Gasteiger partial charge in [0, 0.05) is 28.6 Å². The molecule has 4 aromatic carbocycles. The third-order valence-corrected chi connectivity index (χ3v) is 8.80. The average molecular weight is 464 g/mol. The van der Waals surface area contributed by atoms with Crippen LogP contribution in [0.5, 0.6) is 0 Å². The number of carbonyl (C=O) groups is 2. The Morgan fingerprint density at radius 2 is 1.53 bits per heavy atom. The maximum Gasteiger partial charge on any atom is 0.189 e. The molecule has 0 bridgehead atoms. The lowest BCUT2D eigenvalue weighted by Crippen LogP contribution is -2.57. The molecule has 2 spiro atoms. The SMILES string of the molecule is CN1C[C@H](c2ccc(Cl)cc2)[C@]2(Cc3ccccc3C2=O)[C@]12C(=O)c1cccc3cccc2c13. The number of ketones is 2. The van der Waals surface area contributed by atoms with E-state index in [1.54, 1.807) is 0 Å². The van der Waals surface area contributed by atoms with Gasteiger partial charge in [-0.3, -0.25) is 14.5 Å². The Hall–Kier alpha value is -3.27. The summed E-state index contributed by atoms with van der Waals surface area (Å²) in [5.74, 6) is -0.0341. The summed E-state index contributed by atoms with van der Waals surface area (Å²) in [4.78, 5) is 31.3. The molecule has 1 saturated heterocycles. The molecular formula is C30H22ClNO2. The van der Waals surface area contributed by atoms with E-state index in [1.807, 2.05) is 73.8 Å². The fraction of sp³-hybridized carbons (Fsp3) is 0.200. The number of halogens is 1. The van der Waals surface area contributed by atoms with E-state index in [0.717, 1.165) is 38.6 Å². The number of Topliss-reactive ketones (excluding diaryl/α,β-unsaturated/α-hetero) is 2. The summed E-state index contributed by atoms with van der Waals surface area (Å²) in [6.45, 7) is 0.609. The molecule has 0 N–H and O–H groups in total. The maximum atomic E-state index is 14.6. The number of likely N-dealkylation sites (N-methyl/N-ethyl adjacent to an activating group) is 1. The Morgan fingerprint density at radius 3 is 2.29 bits per heavy atom. The lowest BCUT2D eigenvalue weighted by molar-refractivity contribution is 0.0342. The van der Waals surface area contributed by atoms with Crippen LogP contribution in [-0.4, -0.2) is 30.1 Å². The monoisotopic (exact) mass is 463 g/mol. The van der Waals surface area contributed by atoms with Crippen LogP contribution in [0.3, 0.4) is 0 Å². The summed E-state index contributed by atoms with van der Waals surface area (Å²) in [5.41, 5.74) is 2.50. The first kappa shape index (κ1) is 20.1. The highest BCUT2D eigenvalue weighted by Gasteiger charge is 2.74. The fourth-order valence-electron chi connectivity index (χ4n) is 7.31. The second-order valence-electron chi connectivity index (χ2n) is 9.87. The summed E-state index contributed by atoms with van der Waals surface area (Å²) in [6, 6.07) is 27.7. The van der Waals surface area contributed by atoms with Crippen LogP contribution < -0.4 is 0 Å². The van der Waals surface area contributed by atoms with Gasteiger partial charge in [-0.1, -0.05) is 84.4 Å². The zero-order valence-corrected chi connectivity index (χ0v) is 19.5. The van der Waals surface area contributed by atoms with Gasteiger partial charge in [0.05, 0.1) is 5.41 Å². The van der Waals surface area contributed by atoms with Crippen LogP contribution in [0.4, 0.5) is 0 Å². The molecule has 7 rings (SSSR count). The molecule has 4 heteroatoms. The van der Waals surface area contributed by atoms with Crippen molar-refractivity contribution in [3.63, 3.8) is 0 Å². The van der Waals surface area contributed by atoms with Crippen molar-refractivity contribution in [3.05, 3.63) is 118 Å². The topological polar surface area (TPSA) is 37.4 Å². The Labute approximate surface area is 203 Å². The first-order valence-electron chi connectivity index (χ1n) is 11.7. The number of hydrogen-bond donors (Lipinski definition) is 0. The molecular weight excluding hydrogens is 442 g/mol. The highest BCUT2D eigenvalue weighted by molar-refractivity contribution is 6.30. The van der Waals surface area contributed by atoms with Gasteiger partial charge in [-0.15, -0.1) is 0 Å². The smallest absolute Gasteiger partial charge is 0.189 e. The molecule has 34 heavy (non-hydrogen) atoms. The van der Waals surface area contributed by atoms with Crippen molar-refractivity contribution in [1.82, 2.24) is 4.90 Å². The number of likely N-dealkylation sites (tertiary alicyclic amines) is 1. The molecule has 4 aromatic rings. The quantitative estimate of drug-likeness (QED) is 0.345. The van der Waals surface area contributed by atoms with Gasteiger partial charge in [-0.25, -0.2) is 0 Å². The number of carbonyl (C=O) groups excluding carboxylic acids is 2. The largest absolute Gasteiger partial charge is 0.293 e. The van der Waals surface area contributed by atoms with E-state index in [2.05, 4.69) is 23.1 Å². The summed E-state index contributed by atoms with van der Waals surface area (Å²) in [5, 5.41) is 2.69. The molecule has 166 valence electrons. The molecule has 1 fully saturated rings. The van der Waals surface area contributed by atoms with Gasteiger partial charge >= 0.3 is 0 Å². The second-order valence-corrected chi connectivity index (χ2v) is 10.3. The third kappa shape index (κ3) is 2.13. The lowest BCUT2D eigenvalue weighted by atomic mass is 9.58. The predicted molar refractivity (Wildman–Crippen MR) is 134 cm³/mol. The summed E-state index contributed by atoms with van der Waals surface area (Å²) in [6.07, 6.45) is 0.537. The predicted octanol–water partition coefficient (Wildman–Crippen LogP) is 6.04. The van der Waals surface area contributed by atoms with Crippen LogP contribution >= 0.6 is 11.6 Å². The second kappa shape index (κ2) is 6.65. The van der Waals surface area contributed by atoms with Gasteiger partial charge in [0.1, 0.15) is 5.54 Å². The zero-order valence-electron chi connectivity index (χ0n) is 18.7. The number of benzene rings is 4. The van der Waals surface area contributed by atoms with Crippen molar-refractivity contribution in [3.8, 4) is 0 Å². The molecule has 0 saturated carbocycles. The molecule has 3 nitrogen and oxygen atoms in total. The molecule has 0 radical (unpaired) electrons. The molecule has 1 heterocycles. The fourth-order valence-corrected chi connectivity index (χ4v) is 7.43. The van der Waals surface area contributed by atoms with Crippen molar-refractivity contribution >= 4 is 33.9 Å². The van der Waals surface area contributed by atoms with Crippen molar-refractivity contribution in [1.29, 1.82) is 0 Å². The number of hydrogen-bond acceptors (Lipinski definition) is 3. The normalized spacial score (nSPS) is 27.4. The summed E-state index contributed by atoms with van der Waals surface area (Å²) < 4.78 is 0. The van der Waals surface area contributed by atoms with E-state index < -0.39 is 11.0 Å². The van der Waals surface area contributed by atoms with Gasteiger partial charge < -0.3 is 0 Å². The highest BCUT2D eigenvalue weighted by Crippen LogP contribution is 2.67. The van der Waals surface area contributed by atoms with E-state index in [4.69, 9.17) is 11.6 Å². The van der Waals surface area contributed by atoms with Gasteiger partial charge in [0.15, 0.2) is 11.6 Å². The highest BCUT2D eigenvalue weighted by atomic mass is 35.5. The van der Waals surface area contributed by atoms with E-state index in [-0.39, 0.29) is 17.5 Å². The van der Waals surface area contributed by atoms with Gasteiger partial charge in [-0.2, -0.15) is 0 Å². The minimum Gasteiger partial charge on any atom is -0.293 e. The maximum absolute atomic E-state index is 14.6. The van der Waals surface area contributed by atoms with Crippen molar-refractivity contribution in [2.24, 2.45) is 5.41 Å². The van der Waals surface area contributed by atoms with Crippen LogP contribution in [0.1, 0.15) is 43.3 Å². The number of rotatable bonds is 1. The van der Waals surface area contributed by atoms with Crippen LogP contribution in [0.2, 0.25) is 5.02 Å².